The molecular formula is C9H8F2N4O. The van der Waals surface area contributed by atoms with Gasteiger partial charge in [-0.05, 0) is 12.0 Å². The zero-order valence-corrected chi connectivity index (χ0v) is 8.23. The second kappa shape index (κ2) is 3.11. The fourth-order valence-electron chi connectivity index (χ4n) is 2.06. The van der Waals surface area contributed by atoms with Gasteiger partial charge in [-0.15, -0.1) is 9.60 Å². The van der Waals surface area contributed by atoms with E-state index < -0.39 is 5.56 Å². The van der Waals surface area contributed by atoms with Crippen LogP contribution in [0.5, 0.6) is 0 Å². The van der Waals surface area contributed by atoms with E-state index in [4.69, 9.17) is 0 Å². The lowest BCUT2D eigenvalue weighted by atomic mass is 10.0. The minimum atomic E-state index is -0.817. The third-order valence-electron chi connectivity index (χ3n) is 2.84. The normalized spacial score (nSPS) is 16.6. The van der Waals surface area contributed by atoms with Gasteiger partial charge < -0.3 is 0 Å². The first-order valence-corrected chi connectivity index (χ1v) is 4.84. The van der Waals surface area contributed by atoms with Crippen molar-refractivity contribution in [1.82, 2.24) is 19.5 Å². The van der Waals surface area contributed by atoms with E-state index in [0.29, 0.717) is 22.6 Å². The number of nitrogens with zero attached hydrogens (tertiary/aromatic N) is 4. The lowest BCUT2D eigenvalue weighted by Gasteiger charge is -2.21. The molecule has 0 radical (unpaired) electrons. The van der Waals surface area contributed by atoms with Crippen molar-refractivity contribution in [2.75, 3.05) is 6.54 Å². The summed E-state index contributed by atoms with van der Waals surface area (Å²) in [6.07, 6.45) is 3.08. The molecule has 0 aromatic carbocycles. The third-order valence-corrected chi connectivity index (χ3v) is 2.84. The van der Waals surface area contributed by atoms with Crippen LogP contribution >= 0.6 is 0 Å². The van der Waals surface area contributed by atoms with Crippen LogP contribution in [-0.4, -0.2) is 26.1 Å². The molecule has 0 spiro atoms. The fraction of sp³-hybridized carbons (Fsp3) is 0.333. The molecule has 3 heterocycles. The summed E-state index contributed by atoms with van der Waals surface area (Å²) < 4.78 is 27.6. The van der Waals surface area contributed by atoms with Crippen molar-refractivity contribution in [1.29, 1.82) is 0 Å². The molecule has 7 heteroatoms. The molecule has 0 saturated carbocycles. The highest BCUT2D eigenvalue weighted by Gasteiger charge is 2.23. The summed E-state index contributed by atoms with van der Waals surface area (Å²) in [5.41, 5.74) is 0.558. The molecule has 2 aromatic heterocycles. The lowest BCUT2D eigenvalue weighted by molar-refractivity contribution is 0.00912. The van der Waals surface area contributed by atoms with Gasteiger partial charge in [0.05, 0.1) is 18.3 Å². The van der Waals surface area contributed by atoms with Gasteiger partial charge >= 0.3 is 5.56 Å². The Bertz CT molecular complexity index is 618. The minimum absolute atomic E-state index is 0.0413. The van der Waals surface area contributed by atoms with Crippen LogP contribution in [-0.2, 0) is 13.0 Å². The van der Waals surface area contributed by atoms with Crippen molar-refractivity contribution in [2.45, 2.75) is 13.0 Å². The fourth-order valence-corrected chi connectivity index (χ4v) is 2.06. The van der Waals surface area contributed by atoms with Crippen molar-refractivity contribution in [3.63, 3.8) is 0 Å². The molecule has 0 unspecified atom stereocenters. The van der Waals surface area contributed by atoms with Crippen molar-refractivity contribution < 1.29 is 8.96 Å². The summed E-state index contributed by atoms with van der Waals surface area (Å²) in [5.74, 6) is 0. The van der Waals surface area contributed by atoms with Gasteiger partial charge in [-0.1, -0.05) is 9.39 Å². The molecule has 0 N–H and O–H groups in total. The second-order valence-corrected chi connectivity index (χ2v) is 3.74. The molecule has 84 valence electrons. The average molecular weight is 226 g/mol. The van der Waals surface area contributed by atoms with Gasteiger partial charge in [-0.2, -0.15) is 0 Å². The summed E-state index contributed by atoms with van der Waals surface area (Å²) in [7, 11) is 0. The highest BCUT2D eigenvalue weighted by atomic mass is 19.2. The van der Waals surface area contributed by atoms with Crippen molar-refractivity contribution in [2.24, 2.45) is 0 Å². The SMILES string of the molecule is O=c1c2c(c3cncn3n1F)CCN(F)C2. The Hall–Kier alpha value is -1.76. The number of fused-ring (bicyclic) bond motifs is 3. The van der Waals surface area contributed by atoms with E-state index in [1.165, 1.54) is 12.5 Å². The molecule has 0 fully saturated rings. The average Bonchev–Trinajstić information content (AvgIpc) is 2.75. The molecule has 0 aliphatic carbocycles. The summed E-state index contributed by atoms with van der Waals surface area (Å²) in [5, 5.41) is 0.511. The maximum Gasteiger partial charge on any atom is 0.300 e. The molecular weight excluding hydrogens is 218 g/mol. The van der Waals surface area contributed by atoms with E-state index in [0.717, 1.165) is 4.52 Å². The molecule has 1 aliphatic heterocycles. The van der Waals surface area contributed by atoms with Gasteiger partial charge in [0.2, 0.25) is 0 Å². The summed E-state index contributed by atoms with van der Waals surface area (Å²) in [6.45, 7) is 0.0450. The monoisotopic (exact) mass is 226 g/mol. The van der Waals surface area contributed by atoms with E-state index >= 15 is 0 Å². The molecule has 5 nitrogen and oxygen atoms in total. The Morgan fingerprint density at radius 2 is 2.12 bits per heavy atom. The predicted octanol–water partition coefficient (Wildman–Crippen LogP) is 0.471. The predicted molar refractivity (Wildman–Crippen MR) is 51.2 cm³/mol. The quantitative estimate of drug-likeness (QED) is 0.613. The van der Waals surface area contributed by atoms with E-state index in [2.05, 4.69) is 4.98 Å². The minimum Gasteiger partial charge on any atom is -0.265 e. The molecule has 16 heavy (non-hydrogen) atoms. The highest BCUT2D eigenvalue weighted by molar-refractivity contribution is 5.55. The first kappa shape index (κ1) is 9.46. The largest absolute Gasteiger partial charge is 0.300 e. The van der Waals surface area contributed by atoms with Gasteiger partial charge in [-0.25, -0.2) is 9.50 Å². The van der Waals surface area contributed by atoms with Crippen LogP contribution < -0.4 is 5.56 Å². The number of imidazole rings is 1. The first-order valence-electron chi connectivity index (χ1n) is 4.84. The topological polar surface area (TPSA) is 42.5 Å². The smallest absolute Gasteiger partial charge is 0.265 e. The maximum atomic E-state index is 13.5. The highest BCUT2D eigenvalue weighted by Crippen LogP contribution is 2.20. The van der Waals surface area contributed by atoms with Crippen molar-refractivity contribution in [3.8, 4) is 0 Å². The number of aromatic nitrogens is 3. The number of hydrogen-bond acceptors (Lipinski definition) is 3. The van der Waals surface area contributed by atoms with Crippen LogP contribution in [0.25, 0.3) is 5.52 Å². The number of halogens is 2. The molecule has 2 aromatic rings. The lowest BCUT2D eigenvalue weighted by Crippen LogP contribution is -2.34. The van der Waals surface area contributed by atoms with Gasteiger partial charge in [0, 0.05) is 12.1 Å². The molecule has 0 atom stereocenters. The maximum absolute atomic E-state index is 13.5. The molecule has 0 bridgehead atoms. The summed E-state index contributed by atoms with van der Waals surface area (Å²) in [4.78, 5) is 15.4. The Morgan fingerprint density at radius 1 is 1.31 bits per heavy atom. The Morgan fingerprint density at radius 3 is 2.94 bits per heavy atom. The zero-order chi connectivity index (χ0) is 11.3. The Kier molecular flexibility index (Phi) is 1.84. The molecule has 1 aliphatic rings. The molecule has 0 saturated heterocycles. The van der Waals surface area contributed by atoms with Crippen LogP contribution in [0.4, 0.5) is 8.96 Å². The Labute approximate surface area is 88.4 Å². The van der Waals surface area contributed by atoms with Crippen LogP contribution in [0.1, 0.15) is 11.1 Å². The van der Waals surface area contributed by atoms with Crippen LogP contribution in [0.3, 0.4) is 0 Å². The van der Waals surface area contributed by atoms with E-state index in [1.54, 1.807) is 0 Å². The van der Waals surface area contributed by atoms with E-state index in [-0.39, 0.29) is 23.6 Å². The number of rotatable bonds is 0. The van der Waals surface area contributed by atoms with Crippen LogP contribution in [0, 0.1) is 0 Å². The summed E-state index contributed by atoms with van der Waals surface area (Å²) in [6, 6.07) is 0. The van der Waals surface area contributed by atoms with E-state index in [9.17, 15) is 13.8 Å². The summed E-state index contributed by atoms with van der Waals surface area (Å²) >= 11 is 0. The van der Waals surface area contributed by atoms with Crippen molar-refractivity contribution >= 4 is 5.52 Å². The van der Waals surface area contributed by atoms with Gasteiger partial charge in [0.25, 0.3) is 0 Å². The standard InChI is InChI=1S/C9H8F2N4O/c10-13-2-1-6-7(4-13)9(16)15(11)14-5-12-3-8(6)14/h3,5H,1-2,4H2. The second-order valence-electron chi connectivity index (χ2n) is 3.74. The van der Waals surface area contributed by atoms with Gasteiger partial charge in [0.15, 0.2) is 0 Å². The third kappa shape index (κ3) is 1.12. The van der Waals surface area contributed by atoms with Gasteiger partial charge in [0.1, 0.15) is 6.33 Å². The molecule has 0 amide bonds. The first-order chi connectivity index (χ1) is 7.68. The van der Waals surface area contributed by atoms with Crippen molar-refractivity contribution in [3.05, 3.63) is 34.0 Å². The van der Waals surface area contributed by atoms with Crippen LogP contribution in [0.15, 0.2) is 17.3 Å². The number of hydrogen-bond donors (Lipinski definition) is 0. The van der Waals surface area contributed by atoms with Gasteiger partial charge in [-0.3, -0.25) is 4.79 Å². The Balaban J connectivity index is 2.41. The zero-order valence-electron chi connectivity index (χ0n) is 8.23. The van der Waals surface area contributed by atoms with Crippen LogP contribution in [0.2, 0.25) is 0 Å². The molecule has 3 rings (SSSR count). The van der Waals surface area contributed by atoms with E-state index in [1.807, 2.05) is 0 Å².